The zero-order chi connectivity index (χ0) is 25.8. The van der Waals surface area contributed by atoms with E-state index in [1.807, 2.05) is 6.92 Å². The predicted octanol–water partition coefficient (Wildman–Crippen LogP) is 5.26. The summed E-state index contributed by atoms with van der Waals surface area (Å²) in [5, 5.41) is 0. The second-order valence-electron chi connectivity index (χ2n) is 14.6. The topological polar surface area (TPSA) is 47.8 Å². The van der Waals surface area contributed by atoms with E-state index >= 15 is 0 Å². The Hall–Kier alpha value is -1.16. The number of quaternary nitrogens is 1. The number of hydrogen-bond acceptors (Lipinski definition) is 3. The minimum absolute atomic E-state index is 0.0138. The number of carbonyl (C=O) groups excluding carboxylic acids is 2. The number of fused-ring (bicyclic) bond motifs is 5. The lowest BCUT2D eigenvalue weighted by Gasteiger charge is -2.58. The van der Waals surface area contributed by atoms with Gasteiger partial charge in [0.25, 0.3) is 0 Å². The molecule has 36 heavy (non-hydrogen) atoms. The summed E-state index contributed by atoms with van der Waals surface area (Å²) in [5.41, 5.74) is 2.00. The molecule has 1 aliphatic heterocycles. The van der Waals surface area contributed by atoms with Crippen LogP contribution in [0, 0.1) is 52.3 Å². The third-order valence-electron chi connectivity index (χ3n) is 11.9. The Balaban J connectivity index is 1.20. The first-order valence-corrected chi connectivity index (χ1v) is 15.2. The molecule has 10 unspecified atom stereocenters. The average Bonchev–Trinajstić information content (AvgIpc) is 3.07. The molecule has 4 nitrogen and oxygen atoms in total. The number of ketones is 1. The van der Waals surface area contributed by atoms with Crippen molar-refractivity contribution in [2.45, 2.75) is 105 Å². The Labute approximate surface area is 220 Å². The molecule has 5 rings (SSSR count). The number of piperidine rings is 1. The van der Waals surface area contributed by atoms with Crippen LogP contribution in [-0.2, 0) is 14.3 Å². The molecule has 0 bridgehead atoms. The van der Waals surface area contributed by atoms with Crippen molar-refractivity contribution in [1.82, 2.24) is 0 Å². The minimum atomic E-state index is 0.0138. The first-order chi connectivity index (χ1) is 17.0. The van der Waals surface area contributed by atoms with Crippen molar-refractivity contribution in [3.05, 3.63) is 11.6 Å². The van der Waals surface area contributed by atoms with Gasteiger partial charge in [0.1, 0.15) is 11.9 Å². The van der Waals surface area contributed by atoms with Gasteiger partial charge in [0.2, 0.25) is 0 Å². The summed E-state index contributed by atoms with van der Waals surface area (Å²) in [7, 11) is 0. The fourth-order valence-electron chi connectivity index (χ4n) is 10.6. The quantitative estimate of drug-likeness (QED) is 0.415. The maximum Gasteiger partial charge on any atom is 0.311 e. The molecular formula is C32H52NO3+. The molecule has 4 fully saturated rings. The van der Waals surface area contributed by atoms with Gasteiger partial charge in [-0.15, -0.1) is 0 Å². The summed E-state index contributed by atoms with van der Waals surface area (Å²) < 4.78 is 6.08. The highest BCUT2D eigenvalue weighted by atomic mass is 16.5. The first kappa shape index (κ1) is 26.4. The number of allylic oxidation sites excluding steroid dienone is 1. The zero-order valence-electron chi connectivity index (χ0n) is 23.9. The van der Waals surface area contributed by atoms with Crippen molar-refractivity contribution in [3.63, 3.8) is 0 Å². The Bertz CT molecular complexity index is 886. The molecule has 4 aliphatic carbocycles. The summed E-state index contributed by atoms with van der Waals surface area (Å²) in [5.74, 6) is 4.81. The molecule has 0 amide bonds. The van der Waals surface area contributed by atoms with E-state index in [2.05, 4.69) is 40.7 Å². The van der Waals surface area contributed by atoms with E-state index in [0.717, 1.165) is 50.0 Å². The molecule has 0 aromatic heterocycles. The molecule has 5 aliphatic rings. The zero-order valence-corrected chi connectivity index (χ0v) is 23.9. The number of esters is 1. The highest BCUT2D eigenvalue weighted by molar-refractivity contribution is 5.80. The number of rotatable bonds is 5. The van der Waals surface area contributed by atoms with E-state index in [0.29, 0.717) is 30.0 Å². The second kappa shape index (κ2) is 9.86. The molecule has 1 heterocycles. The first-order valence-electron chi connectivity index (χ1n) is 15.2. The Morgan fingerprint density at radius 1 is 1.03 bits per heavy atom. The highest BCUT2D eigenvalue weighted by Gasteiger charge is 2.61. The minimum Gasteiger partial charge on any atom is -0.462 e. The average molecular weight is 499 g/mol. The highest BCUT2D eigenvalue weighted by Crippen LogP contribution is 2.67. The van der Waals surface area contributed by atoms with Crippen molar-refractivity contribution in [2.75, 3.05) is 19.6 Å². The SMILES string of the molecule is CC(=O)C1C(C)CC2C3CC=C4CC(OC(=O)CC[NH+]5CC(C)CC(C)C5)CCC4(C)C3CCC21C. The lowest BCUT2D eigenvalue weighted by Crippen LogP contribution is -3.14. The molecular weight excluding hydrogens is 446 g/mol. The molecule has 0 radical (unpaired) electrons. The number of nitrogens with one attached hydrogen (secondary N) is 1. The normalized spacial score (nSPS) is 48.3. The molecule has 3 saturated carbocycles. The van der Waals surface area contributed by atoms with Crippen LogP contribution in [0.4, 0.5) is 0 Å². The maximum atomic E-state index is 12.8. The second-order valence-corrected chi connectivity index (χ2v) is 14.6. The number of ether oxygens (including phenoxy) is 1. The fraction of sp³-hybridized carbons (Fsp3) is 0.875. The van der Waals surface area contributed by atoms with Crippen LogP contribution in [0.5, 0.6) is 0 Å². The van der Waals surface area contributed by atoms with Crippen LogP contribution < -0.4 is 4.90 Å². The van der Waals surface area contributed by atoms with Gasteiger partial charge in [-0.25, -0.2) is 0 Å². The van der Waals surface area contributed by atoms with Gasteiger partial charge in [-0.05, 0) is 86.4 Å². The molecule has 0 aromatic carbocycles. The van der Waals surface area contributed by atoms with Crippen LogP contribution in [0.1, 0.15) is 99.3 Å². The monoisotopic (exact) mass is 498 g/mol. The summed E-state index contributed by atoms with van der Waals surface area (Å²) >= 11 is 0. The van der Waals surface area contributed by atoms with Crippen molar-refractivity contribution >= 4 is 11.8 Å². The molecule has 4 heteroatoms. The van der Waals surface area contributed by atoms with E-state index in [1.165, 1.54) is 38.8 Å². The lowest BCUT2D eigenvalue weighted by molar-refractivity contribution is -0.911. The number of hydrogen-bond donors (Lipinski definition) is 1. The Kier molecular flexibility index (Phi) is 7.24. The van der Waals surface area contributed by atoms with E-state index in [1.54, 1.807) is 10.5 Å². The van der Waals surface area contributed by atoms with Crippen LogP contribution in [0.25, 0.3) is 0 Å². The van der Waals surface area contributed by atoms with E-state index in [9.17, 15) is 9.59 Å². The van der Waals surface area contributed by atoms with Gasteiger partial charge in [-0.2, -0.15) is 0 Å². The third kappa shape index (κ3) is 4.63. The molecule has 10 atom stereocenters. The Morgan fingerprint density at radius 2 is 1.75 bits per heavy atom. The molecule has 202 valence electrons. The number of likely N-dealkylation sites (tertiary alicyclic amines) is 1. The van der Waals surface area contributed by atoms with Crippen molar-refractivity contribution in [1.29, 1.82) is 0 Å². The largest absolute Gasteiger partial charge is 0.462 e. The lowest BCUT2D eigenvalue weighted by atomic mass is 9.47. The van der Waals surface area contributed by atoms with E-state index in [4.69, 9.17) is 4.74 Å². The van der Waals surface area contributed by atoms with Crippen molar-refractivity contribution in [3.8, 4) is 0 Å². The van der Waals surface area contributed by atoms with E-state index < -0.39 is 0 Å². The van der Waals surface area contributed by atoms with Crippen LogP contribution in [0.15, 0.2) is 11.6 Å². The molecule has 0 spiro atoms. The standard InChI is InChI=1S/C32H51NO3/c1-20-15-21(2)19-33(18-20)14-11-29(35)36-25-9-12-31(5)24(17-25)7-8-26-27(31)10-13-32(6)28(26)16-22(3)30(32)23(4)34/h7,20-22,25-28,30H,8-19H2,1-6H3/p+1. The van der Waals surface area contributed by atoms with Gasteiger partial charge in [-0.1, -0.05) is 46.3 Å². The van der Waals surface area contributed by atoms with E-state index in [-0.39, 0.29) is 28.8 Å². The van der Waals surface area contributed by atoms with Crippen LogP contribution in [0.3, 0.4) is 0 Å². The predicted molar refractivity (Wildman–Crippen MR) is 143 cm³/mol. The summed E-state index contributed by atoms with van der Waals surface area (Å²) in [4.78, 5) is 27.0. The van der Waals surface area contributed by atoms with Crippen LogP contribution >= 0.6 is 0 Å². The van der Waals surface area contributed by atoms with Gasteiger partial charge in [0.15, 0.2) is 0 Å². The Morgan fingerprint density at radius 3 is 2.44 bits per heavy atom. The van der Waals surface area contributed by atoms with Gasteiger partial charge >= 0.3 is 5.97 Å². The van der Waals surface area contributed by atoms with Gasteiger partial charge < -0.3 is 9.64 Å². The number of carbonyl (C=O) groups is 2. The van der Waals surface area contributed by atoms with Crippen molar-refractivity contribution in [2.24, 2.45) is 52.3 Å². The van der Waals surface area contributed by atoms with Gasteiger partial charge in [0.05, 0.1) is 26.1 Å². The third-order valence-corrected chi connectivity index (χ3v) is 11.9. The van der Waals surface area contributed by atoms with Crippen molar-refractivity contribution < 1.29 is 19.2 Å². The molecule has 1 saturated heterocycles. The summed E-state index contributed by atoms with van der Waals surface area (Å²) in [6.07, 6.45) is 12.4. The molecule has 0 aromatic rings. The smallest absolute Gasteiger partial charge is 0.311 e. The van der Waals surface area contributed by atoms with Gasteiger partial charge in [0, 0.05) is 24.2 Å². The summed E-state index contributed by atoms with van der Waals surface area (Å²) in [6, 6.07) is 0. The fourth-order valence-corrected chi connectivity index (χ4v) is 10.6. The number of Topliss-reactive ketones (excluding diaryl/α,β-unsaturated/α-hetero) is 1. The van der Waals surface area contributed by atoms with Gasteiger partial charge in [-0.3, -0.25) is 9.59 Å². The summed E-state index contributed by atoms with van der Waals surface area (Å²) in [6.45, 7) is 17.1. The van der Waals surface area contributed by atoms with Crippen LogP contribution in [-0.4, -0.2) is 37.5 Å². The van der Waals surface area contributed by atoms with Crippen LogP contribution in [0.2, 0.25) is 0 Å². The molecule has 1 N–H and O–H groups in total. The maximum absolute atomic E-state index is 12.8.